The number of carbonyl (C=O) groups is 2. The molecule has 3 aromatic rings. The van der Waals surface area contributed by atoms with E-state index >= 15 is 0 Å². The molecule has 1 atom stereocenters. The normalized spacial score (nSPS) is 15.5. The first kappa shape index (κ1) is 24.7. The quantitative estimate of drug-likeness (QED) is 0.354. The summed E-state index contributed by atoms with van der Waals surface area (Å²) >= 11 is 9.40. The highest BCUT2D eigenvalue weighted by atomic mass is 35.5. The minimum Gasteiger partial charge on any atom is -0.351 e. The molecule has 0 spiro atoms. The molecule has 1 aliphatic rings. The second-order valence-electron chi connectivity index (χ2n) is 8.23. The Morgan fingerprint density at radius 1 is 1.03 bits per heavy atom. The van der Waals surface area contributed by atoms with Gasteiger partial charge in [0.1, 0.15) is 5.37 Å². The van der Waals surface area contributed by atoms with Crippen LogP contribution in [0.2, 0.25) is 5.02 Å². The highest BCUT2D eigenvalue weighted by Gasteiger charge is 2.32. The predicted molar refractivity (Wildman–Crippen MR) is 143 cm³/mol. The second kappa shape index (κ2) is 11.8. The van der Waals surface area contributed by atoms with Gasteiger partial charge in [-0.1, -0.05) is 65.7 Å². The van der Waals surface area contributed by atoms with Gasteiger partial charge in [-0.25, -0.2) is 0 Å². The van der Waals surface area contributed by atoms with E-state index in [2.05, 4.69) is 36.5 Å². The molecule has 1 heterocycles. The third-order valence-corrected chi connectivity index (χ3v) is 8.15. The number of aryl methyl sites for hydroxylation is 1. The number of nitrogens with zero attached hydrogens (tertiary/aromatic N) is 1. The van der Waals surface area contributed by atoms with Gasteiger partial charge in [-0.2, -0.15) is 11.8 Å². The zero-order valence-electron chi connectivity index (χ0n) is 19.0. The number of nitrogens with one attached hydrogen (secondary N) is 1. The first-order chi connectivity index (χ1) is 16.5. The SMILES string of the molecule is Cc1ccc(CSCCNC(=O)c2ccc([C@@H]3SCC(=O)N3Cc3ccc(Cl)cc3)cc2)cc1. The van der Waals surface area contributed by atoms with Crippen molar-refractivity contribution in [3.05, 3.63) is 106 Å². The van der Waals surface area contributed by atoms with Gasteiger partial charge in [0.25, 0.3) is 5.91 Å². The standard InChI is InChI=1S/C27H27ClN2O2S2/c1-19-2-4-21(5-3-19)17-33-15-14-29-26(32)22-8-10-23(11-9-22)27-30(25(31)18-34-27)16-20-6-12-24(28)13-7-20/h2-13,27H,14-18H2,1H3,(H,29,32)/t27-/m0/s1. The van der Waals surface area contributed by atoms with E-state index in [1.54, 1.807) is 11.8 Å². The first-order valence-corrected chi connectivity index (χ1v) is 13.7. The molecule has 0 radical (unpaired) electrons. The molecule has 0 aromatic heterocycles. The van der Waals surface area contributed by atoms with Gasteiger partial charge >= 0.3 is 0 Å². The summed E-state index contributed by atoms with van der Waals surface area (Å²) in [5.41, 5.74) is 5.26. The number of thioether (sulfide) groups is 2. The smallest absolute Gasteiger partial charge is 0.251 e. The lowest BCUT2D eigenvalue weighted by Gasteiger charge is -2.24. The average Bonchev–Trinajstić information content (AvgIpc) is 3.21. The molecule has 1 fully saturated rings. The average molecular weight is 511 g/mol. The number of hydrogen-bond acceptors (Lipinski definition) is 4. The van der Waals surface area contributed by atoms with Crippen molar-refractivity contribution >= 4 is 46.9 Å². The van der Waals surface area contributed by atoms with Crippen molar-refractivity contribution in [3.8, 4) is 0 Å². The number of hydrogen-bond donors (Lipinski definition) is 1. The number of benzene rings is 3. The summed E-state index contributed by atoms with van der Waals surface area (Å²) in [5, 5.41) is 3.62. The molecule has 1 aliphatic heterocycles. The Morgan fingerprint density at radius 3 is 2.41 bits per heavy atom. The number of carbonyl (C=O) groups excluding carboxylic acids is 2. The van der Waals surface area contributed by atoms with Crippen LogP contribution in [0.1, 0.15) is 38.0 Å². The number of halogens is 1. The summed E-state index contributed by atoms with van der Waals surface area (Å²) in [6, 6.07) is 23.7. The second-order valence-corrected chi connectivity index (χ2v) is 10.8. The van der Waals surface area contributed by atoms with Crippen LogP contribution in [0.4, 0.5) is 0 Å². The highest BCUT2D eigenvalue weighted by Crippen LogP contribution is 2.39. The van der Waals surface area contributed by atoms with Crippen LogP contribution >= 0.6 is 35.1 Å². The molecular formula is C27H27ClN2O2S2. The molecule has 0 aliphatic carbocycles. The van der Waals surface area contributed by atoms with Gasteiger partial charge in [0.2, 0.25) is 5.91 Å². The first-order valence-electron chi connectivity index (χ1n) is 11.2. The molecule has 1 saturated heterocycles. The summed E-state index contributed by atoms with van der Waals surface area (Å²) in [5.74, 6) is 2.30. The summed E-state index contributed by atoms with van der Waals surface area (Å²) < 4.78 is 0. The van der Waals surface area contributed by atoms with Gasteiger partial charge in [-0.15, -0.1) is 11.8 Å². The topological polar surface area (TPSA) is 49.4 Å². The molecule has 3 aromatic carbocycles. The third kappa shape index (κ3) is 6.59. The molecule has 0 unspecified atom stereocenters. The van der Waals surface area contributed by atoms with Crippen LogP contribution in [0.5, 0.6) is 0 Å². The third-order valence-electron chi connectivity index (χ3n) is 5.61. The van der Waals surface area contributed by atoms with Crippen LogP contribution in [0.15, 0.2) is 72.8 Å². The van der Waals surface area contributed by atoms with Gasteiger partial charge in [-0.3, -0.25) is 9.59 Å². The van der Waals surface area contributed by atoms with Crippen LogP contribution in [0, 0.1) is 6.92 Å². The van der Waals surface area contributed by atoms with E-state index in [0.29, 0.717) is 29.4 Å². The fourth-order valence-corrected chi connectivity index (χ4v) is 5.83. The largest absolute Gasteiger partial charge is 0.351 e. The van der Waals surface area contributed by atoms with Gasteiger partial charge in [0.15, 0.2) is 0 Å². The maximum atomic E-state index is 12.5. The maximum Gasteiger partial charge on any atom is 0.251 e. The van der Waals surface area contributed by atoms with Crippen LogP contribution in [0.25, 0.3) is 0 Å². The minimum absolute atomic E-state index is 0.0570. The Kier molecular flexibility index (Phi) is 8.59. The Labute approximate surface area is 214 Å². The van der Waals surface area contributed by atoms with Gasteiger partial charge < -0.3 is 10.2 Å². The molecule has 176 valence electrons. The van der Waals surface area contributed by atoms with Crippen molar-refractivity contribution < 1.29 is 9.59 Å². The zero-order chi connectivity index (χ0) is 23.9. The van der Waals surface area contributed by atoms with Crippen LogP contribution in [0.3, 0.4) is 0 Å². The monoisotopic (exact) mass is 510 g/mol. The molecule has 7 heteroatoms. The van der Waals surface area contributed by atoms with Crippen molar-refractivity contribution in [3.63, 3.8) is 0 Å². The summed E-state index contributed by atoms with van der Waals surface area (Å²) in [4.78, 5) is 26.9. The Hall–Kier alpha value is -2.41. The van der Waals surface area contributed by atoms with Crippen molar-refractivity contribution in [1.82, 2.24) is 10.2 Å². The maximum absolute atomic E-state index is 12.5. The predicted octanol–water partition coefficient (Wildman–Crippen LogP) is 6.09. The van der Waals surface area contributed by atoms with Crippen LogP contribution < -0.4 is 5.32 Å². The van der Waals surface area contributed by atoms with E-state index in [9.17, 15) is 9.59 Å². The number of amides is 2. The van der Waals surface area contributed by atoms with Gasteiger partial charge in [-0.05, 0) is 47.9 Å². The van der Waals surface area contributed by atoms with Gasteiger partial charge in [0.05, 0.1) is 5.75 Å². The van der Waals surface area contributed by atoms with Crippen molar-refractivity contribution in [2.45, 2.75) is 24.6 Å². The van der Waals surface area contributed by atoms with E-state index in [1.807, 2.05) is 65.2 Å². The minimum atomic E-state index is -0.0735. The van der Waals surface area contributed by atoms with Gasteiger partial charge in [0, 0.05) is 35.2 Å². The highest BCUT2D eigenvalue weighted by molar-refractivity contribution is 8.00. The lowest BCUT2D eigenvalue weighted by Crippen LogP contribution is -2.28. The Bertz CT molecular complexity index is 1120. The van der Waals surface area contributed by atoms with Crippen molar-refractivity contribution in [2.75, 3.05) is 18.1 Å². The molecule has 4 nitrogen and oxygen atoms in total. The van der Waals surface area contributed by atoms with Crippen LogP contribution in [-0.4, -0.2) is 34.8 Å². The Balaban J connectivity index is 1.27. The van der Waals surface area contributed by atoms with E-state index in [4.69, 9.17) is 11.6 Å². The summed E-state index contributed by atoms with van der Waals surface area (Å²) in [6.45, 7) is 3.25. The van der Waals surface area contributed by atoms with E-state index in [0.717, 1.165) is 22.6 Å². The fourth-order valence-electron chi connectivity index (χ4n) is 3.70. The van der Waals surface area contributed by atoms with Crippen molar-refractivity contribution in [2.24, 2.45) is 0 Å². The molecule has 0 saturated carbocycles. The molecule has 0 bridgehead atoms. The Morgan fingerprint density at radius 2 is 1.71 bits per heavy atom. The molecule has 1 N–H and O–H groups in total. The summed E-state index contributed by atoms with van der Waals surface area (Å²) in [6.07, 6.45) is 0. The lowest BCUT2D eigenvalue weighted by atomic mass is 10.1. The zero-order valence-corrected chi connectivity index (χ0v) is 21.4. The van der Waals surface area contributed by atoms with Crippen molar-refractivity contribution in [1.29, 1.82) is 0 Å². The van der Waals surface area contributed by atoms with E-state index in [1.165, 1.54) is 11.1 Å². The van der Waals surface area contributed by atoms with Crippen LogP contribution in [-0.2, 0) is 17.1 Å². The number of rotatable bonds is 9. The summed E-state index contributed by atoms with van der Waals surface area (Å²) in [7, 11) is 0. The van der Waals surface area contributed by atoms with E-state index in [-0.39, 0.29) is 17.2 Å². The molecule has 34 heavy (non-hydrogen) atoms. The molecule has 4 rings (SSSR count). The molecule has 2 amide bonds. The lowest BCUT2D eigenvalue weighted by molar-refractivity contribution is -0.128. The molecular weight excluding hydrogens is 484 g/mol. The fraction of sp³-hybridized carbons (Fsp3) is 0.259. The van der Waals surface area contributed by atoms with E-state index < -0.39 is 0 Å².